The number of urea groups is 1. The second-order valence-electron chi connectivity index (χ2n) is 6.03. The molecule has 0 aliphatic heterocycles. The lowest BCUT2D eigenvalue weighted by atomic mass is 10.1. The summed E-state index contributed by atoms with van der Waals surface area (Å²) in [4.78, 5) is 35.0. The van der Waals surface area contributed by atoms with Gasteiger partial charge >= 0.3 is 12.0 Å². The van der Waals surface area contributed by atoms with E-state index in [1.807, 2.05) is 0 Å². The first-order chi connectivity index (χ1) is 13.5. The second kappa shape index (κ2) is 10.6. The van der Waals surface area contributed by atoms with Crippen molar-refractivity contribution in [2.75, 3.05) is 24.7 Å². The van der Waals surface area contributed by atoms with Crippen molar-refractivity contribution in [3.63, 3.8) is 0 Å². The van der Waals surface area contributed by atoms with Crippen LogP contribution >= 0.6 is 0 Å². The lowest BCUT2D eigenvalue weighted by Gasteiger charge is -2.09. The van der Waals surface area contributed by atoms with Crippen LogP contribution in [0.1, 0.15) is 28.8 Å². The molecule has 0 aromatic heterocycles. The SMILES string of the molecule is COC(=O)CCCNC(=O)NCc1ccc(C(=O)Nc2ccccc2N)cc1. The molecule has 0 bridgehead atoms. The van der Waals surface area contributed by atoms with Gasteiger partial charge in [-0.15, -0.1) is 0 Å². The fourth-order valence-corrected chi connectivity index (χ4v) is 2.36. The molecular formula is C20H24N4O4. The number of nitrogens with two attached hydrogens (primary N) is 1. The Morgan fingerprint density at radius 1 is 1.00 bits per heavy atom. The quantitative estimate of drug-likeness (QED) is 0.316. The van der Waals surface area contributed by atoms with E-state index in [-0.39, 0.29) is 24.3 Å². The molecule has 0 saturated carbocycles. The number of ether oxygens (including phenoxy) is 1. The predicted octanol–water partition coefficient (Wildman–Crippen LogP) is 2.27. The highest BCUT2D eigenvalue weighted by Gasteiger charge is 2.08. The Hall–Kier alpha value is -3.55. The van der Waals surface area contributed by atoms with E-state index >= 15 is 0 Å². The van der Waals surface area contributed by atoms with Gasteiger partial charge in [0, 0.05) is 25.1 Å². The Morgan fingerprint density at radius 3 is 2.39 bits per heavy atom. The topological polar surface area (TPSA) is 123 Å². The zero-order valence-electron chi connectivity index (χ0n) is 15.7. The molecule has 0 fully saturated rings. The van der Waals surface area contributed by atoms with E-state index < -0.39 is 0 Å². The van der Waals surface area contributed by atoms with Crippen LogP contribution < -0.4 is 21.7 Å². The van der Waals surface area contributed by atoms with Crippen molar-refractivity contribution in [2.45, 2.75) is 19.4 Å². The molecule has 3 amide bonds. The van der Waals surface area contributed by atoms with Gasteiger partial charge in [0.15, 0.2) is 0 Å². The van der Waals surface area contributed by atoms with Crippen LogP contribution in [0.15, 0.2) is 48.5 Å². The normalized spacial score (nSPS) is 10.0. The molecule has 28 heavy (non-hydrogen) atoms. The number of carbonyl (C=O) groups is 3. The molecule has 8 nitrogen and oxygen atoms in total. The van der Waals surface area contributed by atoms with Gasteiger partial charge in [-0.1, -0.05) is 24.3 Å². The molecule has 0 radical (unpaired) electrons. The Bertz CT molecular complexity index is 821. The summed E-state index contributed by atoms with van der Waals surface area (Å²) < 4.78 is 4.53. The van der Waals surface area contributed by atoms with E-state index in [0.717, 1.165) is 5.56 Å². The number of benzene rings is 2. The molecular weight excluding hydrogens is 360 g/mol. The minimum atomic E-state index is -0.328. The number of nitrogens with one attached hydrogen (secondary N) is 3. The molecule has 0 aliphatic rings. The van der Waals surface area contributed by atoms with Gasteiger partial charge in [0.1, 0.15) is 0 Å². The fraction of sp³-hybridized carbons (Fsp3) is 0.250. The second-order valence-corrected chi connectivity index (χ2v) is 6.03. The highest BCUT2D eigenvalue weighted by atomic mass is 16.5. The van der Waals surface area contributed by atoms with Gasteiger partial charge in [-0.25, -0.2) is 4.79 Å². The lowest BCUT2D eigenvalue weighted by Crippen LogP contribution is -2.35. The van der Waals surface area contributed by atoms with Gasteiger partial charge in [-0.3, -0.25) is 9.59 Å². The van der Waals surface area contributed by atoms with Crippen molar-refractivity contribution in [3.05, 3.63) is 59.7 Å². The summed E-state index contributed by atoms with van der Waals surface area (Å²) in [5.41, 5.74) is 8.21. The van der Waals surface area contributed by atoms with Crippen molar-refractivity contribution in [3.8, 4) is 0 Å². The molecule has 0 saturated heterocycles. The van der Waals surface area contributed by atoms with Gasteiger partial charge in [-0.2, -0.15) is 0 Å². The molecule has 2 aromatic rings. The van der Waals surface area contributed by atoms with E-state index in [2.05, 4.69) is 20.7 Å². The van der Waals surface area contributed by atoms with Crippen molar-refractivity contribution < 1.29 is 19.1 Å². The number of anilines is 2. The Labute approximate surface area is 163 Å². The van der Waals surface area contributed by atoms with Crippen molar-refractivity contribution in [2.24, 2.45) is 0 Å². The summed E-state index contributed by atoms with van der Waals surface area (Å²) in [6, 6.07) is 13.6. The van der Waals surface area contributed by atoms with Gasteiger partial charge in [-0.05, 0) is 36.2 Å². The third-order valence-corrected chi connectivity index (χ3v) is 3.95. The first-order valence-corrected chi connectivity index (χ1v) is 8.83. The van der Waals surface area contributed by atoms with Crippen LogP contribution in [0, 0.1) is 0 Å². The highest BCUT2D eigenvalue weighted by Crippen LogP contribution is 2.18. The molecule has 148 valence electrons. The largest absolute Gasteiger partial charge is 0.469 e. The summed E-state index contributed by atoms with van der Waals surface area (Å²) in [6.07, 6.45) is 0.769. The maximum absolute atomic E-state index is 12.3. The number of methoxy groups -OCH3 is 1. The zero-order valence-corrected chi connectivity index (χ0v) is 15.7. The number of hydrogen-bond acceptors (Lipinski definition) is 5. The van der Waals surface area contributed by atoms with E-state index in [9.17, 15) is 14.4 Å². The average Bonchev–Trinajstić information content (AvgIpc) is 2.71. The van der Waals surface area contributed by atoms with Crippen LogP contribution in [-0.4, -0.2) is 31.6 Å². The van der Waals surface area contributed by atoms with Gasteiger partial charge in [0.05, 0.1) is 18.5 Å². The number of carbonyl (C=O) groups excluding carboxylic acids is 3. The van der Waals surface area contributed by atoms with Gasteiger partial charge in [0.2, 0.25) is 0 Å². The summed E-state index contributed by atoms with van der Waals surface area (Å²) in [5.74, 6) is -0.568. The predicted molar refractivity (Wildman–Crippen MR) is 107 cm³/mol. The average molecular weight is 384 g/mol. The molecule has 8 heteroatoms. The number of para-hydroxylation sites is 2. The number of hydrogen-bond donors (Lipinski definition) is 4. The monoisotopic (exact) mass is 384 g/mol. The third kappa shape index (κ3) is 6.64. The van der Waals surface area contributed by atoms with Crippen molar-refractivity contribution in [1.82, 2.24) is 10.6 Å². The molecule has 2 aromatic carbocycles. The fourth-order valence-electron chi connectivity index (χ4n) is 2.36. The molecule has 0 aliphatic carbocycles. The first kappa shape index (κ1) is 20.8. The zero-order chi connectivity index (χ0) is 20.4. The Morgan fingerprint density at radius 2 is 1.71 bits per heavy atom. The minimum absolute atomic E-state index is 0.259. The van der Waals surface area contributed by atoms with E-state index in [1.54, 1.807) is 48.5 Å². The van der Waals surface area contributed by atoms with E-state index in [4.69, 9.17) is 5.73 Å². The third-order valence-electron chi connectivity index (χ3n) is 3.95. The molecule has 2 rings (SSSR count). The summed E-state index contributed by atoms with van der Waals surface area (Å²) in [7, 11) is 1.33. The van der Waals surface area contributed by atoms with E-state index in [0.29, 0.717) is 36.4 Å². The standard InChI is InChI=1S/C20H24N4O4/c1-28-18(25)7-4-12-22-20(27)23-13-14-8-10-15(11-9-14)19(26)24-17-6-3-2-5-16(17)21/h2-3,5-6,8-11H,4,7,12-13,21H2,1H3,(H,24,26)(H2,22,23,27). The molecule has 0 spiro atoms. The molecule has 0 heterocycles. The first-order valence-electron chi connectivity index (χ1n) is 8.83. The summed E-state index contributed by atoms with van der Waals surface area (Å²) in [5, 5.41) is 8.13. The number of rotatable bonds is 8. The van der Waals surface area contributed by atoms with Crippen LogP contribution in [0.4, 0.5) is 16.2 Å². The lowest BCUT2D eigenvalue weighted by molar-refractivity contribution is -0.140. The number of esters is 1. The molecule has 0 unspecified atom stereocenters. The maximum atomic E-state index is 12.3. The van der Waals surface area contributed by atoms with Crippen LogP contribution in [-0.2, 0) is 16.1 Å². The van der Waals surface area contributed by atoms with Crippen LogP contribution in [0.3, 0.4) is 0 Å². The van der Waals surface area contributed by atoms with Gasteiger partial charge < -0.3 is 26.4 Å². The molecule has 5 N–H and O–H groups in total. The maximum Gasteiger partial charge on any atom is 0.315 e. The molecule has 0 atom stereocenters. The van der Waals surface area contributed by atoms with Crippen LogP contribution in [0.5, 0.6) is 0 Å². The van der Waals surface area contributed by atoms with Crippen LogP contribution in [0.2, 0.25) is 0 Å². The summed E-state index contributed by atoms with van der Waals surface area (Å²) in [6.45, 7) is 0.693. The van der Waals surface area contributed by atoms with Crippen LogP contribution in [0.25, 0.3) is 0 Å². The minimum Gasteiger partial charge on any atom is -0.469 e. The highest BCUT2D eigenvalue weighted by molar-refractivity contribution is 6.05. The summed E-state index contributed by atoms with van der Waals surface area (Å²) >= 11 is 0. The Balaban J connectivity index is 1.76. The number of amides is 3. The Kier molecular flexibility index (Phi) is 7.83. The van der Waals surface area contributed by atoms with Gasteiger partial charge in [0.25, 0.3) is 5.91 Å². The van der Waals surface area contributed by atoms with Crippen molar-refractivity contribution in [1.29, 1.82) is 0 Å². The van der Waals surface area contributed by atoms with E-state index in [1.165, 1.54) is 7.11 Å². The number of nitrogen functional groups attached to an aromatic ring is 1. The smallest absolute Gasteiger partial charge is 0.315 e. The van der Waals surface area contributed by atoms with Crippen molar-refractivity contribution >= 4 is 29.3 Å².